The average Bonchev–Trinajstić information content (AvgIpc) is 2.93. The first-order chi connectivity index (χ1) is 9.12. The first kappa shape index (κ1) is 13.7. The molecule has 0 radical (unpaired) electrons. The maximum atomic E-state index is 12.0. The summed E-state index contributed by atoms with van der Waals surface area (Å²) in [4.78, 5) is 0. The van der Waals surface area contributed by atoms with E-state index >= 15 is 0 Å². The monoisotopic (exact) mass is 281 g/mol. The molecule has 2 rings (SSSR count). The molecule has 0 saturated carbocycles. The molecule has 1 aromatic carbocycles. The van der Waals surface area contributed by atoms with E-state index in [1.807, 2.05) is 30.3 Å². The summed E-state index contributed by atoms with van der Waals surface area (Å²) in [7, 11) is -3.68. The van der Waals surface area contributed by atoms with Gasteiger partial charge in [-0.25, -0.2) is 13.1 Å². The smallest absolute Gasteiger partial charge is 0.257 e. The summed E-state index contributed by atoms with van der Waals surface area (Å²) in [5, 5.41) is 15.3. The highest BCUT2D eigenvalue weighted by Gasteiger charge is 2.20. The lowest BCUT2D eigenvalue weighted by Crippen LogP contribution is -2.39. The number of rotatable bonds is 6. The molecule has 0 amide bonds. The second-order valence-corrected chi connectivity index (χ2v) is 5.79. The fourth-order valence-electron chi connectivity index (χ4n) is 1.72. The number of hydrogen-bond acceptors (Lipinski definition) is 4. The van der Waals surface area contributed by atoms with Gasteiger partial charge < -0.3 is 5.11 Å². The van der Waals surface area contributed by atoms with Crippen LogP contribution >= 0.6 is 0 Å². The second-order valence-electron chi connectivity index (χ2n) is 4.11. The van der Waals surface area contributed by atoms with E-state index in [9.17, 15) is 13.5 Å². The van der Waals surface area contributed by atoms with Gasteiger partial charge in [-0.2, -0.15) is 5.10 Å². The minimum absolute atomic E-state index is 0.0148. The van der Waals surface area contributed by atoms with Crippen LogP contribution < -0.4 is 4.72 Å². The second kappa shape index (κ2) is 5.96. The number of aromatic nitrogens is 2. The zero-order valence-electron chi connectivity index (χ0n) is 10.2. The molecule has 1 aromatic heterocycles. The molecule has 0 bridgehead atoms. The van der Waals surface area contributed by atoms with Crippen molar-refractivity contribution in [3.05, 3.63) is 48.2 Å². The van der Waals surface area contributed by atoms with Crippen LogP contribution in [0.4, 0.5) is 0 Å². The summed E-state index contributed by atoms with van der Waals surface area (Å²) in [6.45, 7) is -0.276. The Bertz CT molecular complexity index is 596. The first-order valence-corrected chi connectivity index (χ1v) is 7.26. The summed E-state index contributed by atoms with van der Waals surface area (Å²) < 4.78 is 26.4. The molecule has 6 nitrogen and oxygen atoms in total. The van der Waals surface area contributed by atoms with Crippen LogP contribution in [-0.2, 0) is 16.4 Å². The van der Waals surface area contributed by atoms with E-state index < -0.39 is 16.1 Å². The van der Waals surface area contributed by atoms with Gasteiger partial charge in [0.05, 0.1) is 12.8 Å². The van der Waals surface area contributed by atoms with Crippen LogP contribution in [0.1, 0.15) is 5.56 Å². The highest BCUT2D eigenvalue weighted by Crippen LogP contribution is 2.07. The van der Waals surface area contributed by atoms with Crippen molar-refractivity contribution in [1.29, 1.82) is 0 Å². The third-order valence-electron chi connectivity index (χ3n) is 2.63. The van der Waals surface area contributed by atoms with Gasteiger partial charge >= 0.3 is 0 Å². The number of hydrogen-bond donors (Lipinski definition) is 3. The van der Waals surface area contributed by atoms with Crippen molar-refractivity contribution in [2.24, 2.45) is 0 Å². The lowest BCUT2D eigenvalue weighted by Gasteiger charge is -2.15. The van der Waals surface area contributed by atoms with E-state index in [2.05, 4.69) is 14.9 Å². The van der Waals surface area contributed by atoms with E-state index in [-0.39, 0.29) is 11.6 Å². The van der Waals surface area contributed by atoms with Gasteiger partial charge in [0, 0.05) is 6.04 Å². The normalized spacial score (nSPS) is 13.3. The van der Waals surface area contributed by atoms with E-state index in [0.717, 1.165) is 5.56 Å². The highest BCUT2D eigenvalue weighted by molar-refractivity contribution is 7.89. The highest BCUT2D eigenvalue weighted by atomic mass is 32.2. The third-order valence-corrected chi connectivity index (χ3v) is 4.08. The van der Waals surface area contributed by atoms with Crippen LogP contribution in [0.3, 0.4) is 0 Å². The molecule has 102 valence electrons. The summed E-state index contributed by atoms with van der Waals surface area (Å²) in [6.07, 6.45) is 1.78. The summed E-state index contributed by atoms with van der Waals surface area (Å²) in [5.74, 6) is 0. The number of sulfonamides is 1. The third kappa shape index (κ3) is 3.63. The molecule has 3 N–H and O–H groups in total. The van der Waals surface area contributed by atoms with Crippen LogP contribution in [0.25, 0.3) is 0 Å². The Morgan fingerprint density at radius 2 is 2.00 bits per heavy atom. The largest absolute Gasteiger partial charge is 0.395 e. The summed E-state index contributed by atoms with van der Waals surface area (Å²) >= 11 is 0. The van der Waals surface area contributed by atoms with Crippen molar-refractivity contribution >= 4 is 10.0 Å². The maximum Gasteiger partial charge on any atom is 0.257 e. The van der Waals surface area contributed by atoms with Crippen LogP contribution in [0.15, 0.2) is 47.6 Å². The molecule has 1 unspecified atom stereocenters. The minimum atomic E-state index is -3.68. The Morgan fingerprint density at radius 1 is 1.26 bits per heavy atom. The number of nitrogens with zero attached hydrogens (tertiary/aromatic N) is 1. The van der Waals surface area contributed by atoms with Gasteiger partial charge in [-0.05, 0) is 18.1 Å². The zero-order chi connectivity index (χ0) is 13.7. The molecular weight excluding hydrogens is 266 g/mol. The molecule has 19 heavy (non-hydrogen) atoms. The Kier molecular flexibility index (Phi) is 4.31. The predicted octanol–water partition coefficient (Wildman–Crippen LogP) is 0.292. The summed E-state index contributed by atoms with van der Waals surface area (Å²) in [5.41, 5.74) is 0.953. The van der Waals surface area contributed by atoms with E-state index in [1.54, 1.807) is 0 Å². The van der Waals surface area contributed by atoms with Gasteiger partial charge in [0.1, 0.15) is 0 Å². The standard InChI is InChI=1S/C12H15N3O3S/c16-9-11(8-10-4-2-1-3-5-10)15-19(17,18)12-6-7-13-14-12/h1-7,11,15-16H,8-9H2,(H,13,14). The van der Waals surface area contributed by atoms with Gasteiger partial charge in [0.2, 0.25) is 0 Å². The first-order valence-electron chi connectivity index (χ1n) is 5.78. The molecule has 1 heterocycles. The molecule has 2 aromatic rings. The Labute approximate surface area is 111 Å². The van der Waals surface area contributed by atoms with Crippen molar-refractivity contribution in [2.45, 2.75) is 17.5 Å². The van der Waals surface area contributed by atoms with Crippen LogP contribution in [-0.4, -0.2) is 36.4 Å². The molecule has 0 aliphatic rings. The number of aliphatic hydroxyl groups is 1. The number of aliphatic hydroxyl groups excluding tert-OH is 1. The lowest BCUT2D eigenvalue weighted by molar-refractivity contribution is 0.256. The number of aromatic amines is 1. The Balaban J connectivity index is 2.08. The molecule has 0 aliphatic carbocycles. The number of benzene rings is 1. The topological polar surface area (TPSA) is 95.1 Å². The minimum Gasteiger partial charge on any atom is -0.395 e. The fraction of sp³-hybridized carbons (Fsp3) is 0.250. The SMILES string of the molecule is O=S(=O)(NC(CO)Cc1ccccc1)c1ccn[nH]1. The van der Waals surface area contributed by atoms with E-state index in [0.29, 0.717) is 6.42 Å². The zero-order valence-corrected chi connectivity index (χ0v) is 11.0. The lowest BCUT2D eigenvalue weighted by atomic mass is 10.1. The predicted molar refractivity (Wildman–Crippen MR) is 69.9 cm³/mol. The van der Waals surface area contributed by atoms with Crippen LogP contribution in [0.5, 0.6) is 0 Å². The molecular formula is C12H15N3O3S. The average molecular weight is 281 g/mol. The van der Waals surface area contributed by atoms with Gasteiger partial charge in [0.25, 0.3) is 10.0 Å². The Hall–Kier alpha value is -1.70. The maximum absolute atomic E-state index is 12.0. The quantitative estimate of drug-likeness (QED) is 0.709. The molecule has 0 fully saturated rings. The fourth-order valence-corrected chi connectivity index (χ4v) is 2.85. The molecule has 0 spiro atoms. The number of H-pyrrole nitrogens is 1. The van der Waals surface area contributed by atoms with Crippen molar-refractivity contribution < 1.29 is 13.5 Å². The van der Waals surface area contributed by atoms with Crippen molar-refractivity contribution in [1.82, 2.24) is 14.9 Å². The van der Waals surface area contributed by atoms with Gasteiger partial charge in [0.15, 0.2) is 5.03 Å². The van der Waals surface area contributed by atoms with Crippen LogP contribution in [0, 0.1) is 0 Å². The number of nitrogens with one attached hydrogen (secondary N) is 2. The van der Waals surface area contributed by atoms with Crippen molar-refractivity contribution in [3.8, 4) is 0 Å². The Morgan fingerprint density at radius 3 is 2.58 bits per heavy atom. The molecule has 0 saturated heterocycles. The van der Waals surface area contributed by atoms with Crippen LogP contribution in [0.2, 0.25) is 0 Å². The van der Waals surface area contributed by atoms with Gasteiger partial charge in [-0.15, -0.1) is 0 Å². The van der Waals surface area contributed by atoms with Gasteiger partial charge in [-0.1, -0.05) is 30.3 Å². The van der Waals surface area contributed by atoms with E-state index in [1.165, 1.54) is 12.3 Å². The van der Waals surface area contributed by atoms with Crippen molar-refractivity contribution in [2.75, 3.05) is 6.61 Å². The summed E-state index contributed by atoms with van der Waals surface area (Å²) in [6, 6.07) is 10.2. The van der Waals surface area contributed by atoms with Gasteiger partial charge in [-0.3, -0.25) is 5.10 Å². The molecule has 7 heteroatoms. The molecule has 0 aliphatic heterocycles. The molecule has 1 atom stereocenters. The van der Waals surface area contributed by atoms with Crippen molar-refractivity contribution in [3.63, 3.8) is 0 Å². The van der Waals surface area contributed by atoms with E-state index in [4.69, 9.17) is 0 Å².